The number of anilines is 1. The molecule has 154 valence electrons. The summed E-state index contributed by atoms with van der Waals surface area (Å²) in [6.45, 7) is 4.82. The molecule has 0 saturated heterocycles. The van der Waals surface area contributed by atoms with E-state index in [1.807, 2.05) is 32.0 Å². The molecule has 2 heterocycles. The van der Waals surface area contributed by atoms with E-state index in [9.17, 15) is 0 Å². The van der Waals surface area contributed by atoms with Gasteiger partial charge in [-0.05, 0) is 38.8 Å². The number of rotatable bonds is 9. The molecule has 4 rings (SSSR count). The van der Waals surface area contributed by atoms with Crippen LogP contribution < -0.4 is 14.8 Å². The molecule has 1 saturated carbocycles. The maximum Gasteiger partial charge on any atom is 0.295 e. The highest BCUT2D eigenvalue weighted by Crippen LogP contribution is 2.38. The molecular formula is C21H24ClN3O4. The Morgan fingerprint density at radius 1 is 1.17 bits per heavy atom. The minimum absolute atomic E-state index is 0.00532. The van der Waals surface area contributed by atoms with Crippen LogP contribution in [0.15, 0.2) is 28.9 Å². The van der Waals surface area contributed by atoms with Gasteiger partial charge in [-0.1, -0.05) is 11.6 Å². The van der Waals surface area contributed by atoms with Crippen LogP contribution in [0.5, 0.6) is 11.5 Å². The van der Waals surface area contributed by atoms with Gasteiger partial charge in [-0.2, -0.15) is 4.98 Å². The first-order chi connectivity index (χ1) is 14.0. The molecule has 1 aliphatic carbocycles. The lowest BCUT2D eigenvalue weighted by atomic mass is 10.1. The molecule has 0 atom stereocenters. The van der Waals surface area contributed by atoms with Gasteiger partial charge in [-0.25, -0.2) is 4.98 Å². The maximum atomic E-state index is 6.63. The molecular weight excluding hydrogens is 394 g/mol. The van der Waals surface area contributed by atoms with Crippen molar-refractivity contribution < 1.29 is 18.6 Å². The molecule has 1 aliphatic rings. The highest BCUT2D eigenvalue weighted by Gasteiger charge is 2.23. The number of ether oxygens (including phenoxy) is 3. The number of oxazole rings is 1. The first-order valence-corrected chi connectivity index (χ1v) is 10.1. The number of hydrogen-bond acceptors (Lipinski definition) is 7. The summed E-state index contributed by atoms with van der Waals surface area (Å²) in [5.74, 6) is 1.23. The third-order valence-corrected chi connectivity index (χ3v) is 4.79. The molecule has 0 radical (unpaired) electrons. The molecule has 0 bridgehead atoms. The quantitative estimate of drug-likeness (QED) is 0.494. The topological polar surface area (TPSA) is 78.6 Å². The van der Waals surface area contributed by atoms with Crippen molar-refractivity contribution in [2.24, 2.45) is 0 Å². The van der Waals surface area contributed by atoms with Crippen molar-refractivity contribution in [1.29, 1.82) is 0 Å². The molecule has 8 heteroatoms. The van der Waals surface area contributed by atoms with Gasteiger partial charge in [0.25, 0.3) is 6.01 Å². The van der Waals surface area contributed by atoms with Crippen LogP contribution in [-0.2, 0) is 4.74 Å². The SMILES string of the molecule is COCCOc1ccc2c(OC(C)C)cc(-c3coc(NC4CC4)n3)nc2c1Cl. The molecule has 2 aromatic heterocycles. The first-order valence-electron chi connectivity index (χ1n) is 9.69. The molecule has 1 N–H and O–H groups in total. The summed E-state index contributed by atoms with van der Waals surface area (Å²) in [5, 5.41) is 4.48. The number of nitrogens with zero attached hydrogens (tertiary/aromatic N) is 2. The summed E-state index contributed by atoms with van der Waals surface area (Å²) in [6.07, 6.45) is 3.86. The van der Waals surface area contributed by atoms with Gasteiger partial charge in [0.1, 0.15) is 35.1 Å². The van der Waals surface area contributed by atoms with Crippen molar-refractivity contribution in [1.82, 2.24) is 9.97 Å². The van der Waals surface area contributed by atoms with E-state index in [0.29, 0.717) is 58.7 Å². The summed E-state index contributed by atoms with van der Waals surface area (Å²) < 4.78 is 22.3. The van der Waals surface area contributed by atoms with Crippen molar-refractivity contribution in [2.75, 3.05) is 25.6 Å². The van der Waals surface area contributed by atoms with Gasteiger partial charge in [0.05, 0.1) is 23.9 Å². The van der Waals surface area contributed by atoms with E-state index in [2.05, 4.69) is 10.3 Å². The van der Waals surface area contributed by atoms with E-state index in [-0.39, 0.29) is 6.10 Å². The number of pyridine rings is 1. The Morgan fingerprint density at radius 3 is 2.72 bits per heavy atom. The zero-order chi connectivity index (χ0) is 20.4. The highest BCUT2D eigenvalue weighted by molar-refractivity contribution is 6.36. The fourth-order valence-electron chi connectivity index (χ4n) is 2.90. The molecule has 0 aliphatic heterocycles. The number of methoxy groups -OCH3 is 1. The second-order valence-corrected chi connectivity index (χ2v) is 7.62. The number of nitrogens with one attached hydrogen (secondary N) is 1. The van der Waals surface area contributed by atoms with E-state index in [1.165, 1.54) is 0 Å². The van der Waals surface area contributed by atoms with Crippen LogP contribution in [-0.4, -0.2) is 42.4 Å². The number of aromatic nitrogens is 2. The number of benzene rings is 1. The standard InChI is InChI=1S/C21H24ClN3O4/c1-12(2)29-18-10-15(16-11-28-21(25-16)23-13-4-5-13)24-20-14(18)6-7-17(19(20)22)27-9-8-26-3/h6-7,10-13H,4-5,8-9H2,1-3H3,(H,23,25). The maximum absolute atomic E-state index is 6.63. The Balaban J connectivity index is 1.74. The van der Waals surface area contributed by atoms with Crippen molar-refractivity contribution in [2.45, 2.75) is 38.8 Å². The van der Waals surface area contributed by atoms with Gasteiger partial charge >= 0.3 is 0 Å². The Bertz CT molecular complexity index is 1000. The molecule has 1 fully saturated rings. The summed E-state index contributed by atoms with van der Waals surface area (Å²) in [4.78, 5) is 9.25. The van der Waals surface area contributed by atoms with E-state index in [1.54, 1.807) is 13.4 Å². The van der Waals surface area contributed by atoms with Crippen LogP contribution in [0.25, 0.3) is 22.3 Å². The van der Waals surface area contributed by atoms with Crippen LogP contribution in [0.4, 0.5) is 6.01 Å². The van der Waals surface area contributed by atoms with Crippen LogP contribution in [0.1, 0.15) is 26.7 Å². The van der Waals surface area contributed by atoms with E-state index in [4.69, 9.17) is 35.2 Å². The predicted molar refractivity (Wildman–Crippen MR) is 112 cm³/mol. The number of halogens is 1. The normalized spacial score (nSPS) is 13.8. The zero-order valence-corrected chi connectivity index (χ0v) is 17.5. The molecule has 0 amide bonds. The smallest absolute Gasteiger partial charge is 0.295 e. The molecule has 1 aromatic carbocycles. The van der Waals surface area contributed by atoms with Crippen molar-refractivity contribution in [3.8, 4) is 22.9 Å². The molecule has 7 nitrogen and oxygen atoms in total. The minimum Gasteiger partial charge on any atom is -0.490 e. The van der Waals surface area contributed by atoms with E-state index in [0.717, 1.165) is 18.2 Å². The van der Waals surface area contributed by atoms with Gasteiger partial charge in [0.2, 0.25) is 0 Å². The lowest BCUT2D eigenvalue weighted by molar-refractivity contribution is 0.146. The Kier molecular flexibility index (Phi) is 5.78. The van der Waals surface area contributed by atoms with Crippen molar-refractivity contribution in [3.05, 3.63) is 29.5 Å². The van der Waals surface area contributed by atoms with Gasteiger partial charge in [0.15, 0.2) is 0 Å². The van der Waals surface area contributed by atoms with Gasteiger partial charge < -0.3 is 23.9 Å². The Labute approximate surface area is 174 Å². The third kappa shape index (κ3) is 4.57. The Hall–Kier alpha value is -2.51. The highest BCUT2D eigenvalue weighted by atomic mass is 35.5. The average molecular weight is 418 g/mol. The fraction of sp³-hybridized carbons (Fsp3) is 0.429. The van der Waals surface area contributed by atoms with Gasteiger partial charge in [0, 0.05) is 24.6 Å². The lowest BCUT2D eigenvalue weighted by Crippen LogP contribution is -2.07. The summed E-state index contributed by atoms with van der Waals surface area (Å²) in [6, 6.07) is 6.54. The second kappa shape index (κ2) is 8.47. The lowest BCUT2D eigenvalue weighted by Gasteiger charge is -2.15. The van der Waals surface area contributed by atoms with Crippen LogP contribution in [0, 0.1) is 0 Å². The molecule has 3 aromatic rings. The zero-order valence-electron chi connectivity index (χ0n) is 16.7. The monoisotopic (exact) mass is 417 g/mol. The van der Waals surface area contributed by atoms with Gasteiger partial charge in [-0.15, -0.1) is 0 Å². The molecule has 0 spiro atoms. The van der Waals surface area contributed by atoms with E-state index >= 15 is 0 Å². The number of fused-ring (bicyclic) bond motifs is 1. The minimum atomic E-state index is -0.00532. The van der Waals surface area contributed by atoms with Crippen molar-refractivity contribution in [3.63, 3.8) is 0 Å². The van der Waals surface area contributed by atoms with Gasteiger partial charge in [-0.3, -0.25) is 0 Å². The summed E-state index contributed by atoms with van der Waals surface area (Å²) in [7, 11) is 1.62. The van der Waals surface area contributed by atoms with Crippen LogP contribution in [0.2, 0.25) is 5.02 Å². The predicted octanol–water partition coefficient (Wildman–Crippen LogP) is 4.93. The first kappa shape index (κ1) is 19.8. The fourth-order valence-corrected chi connectivity index (χ4v) is 3.16. The van der Waals surface area contributed by atoms with Crippen molar-refractivity contribution >= 4 is 28.5 Å². The largest absolute Gasteiger partial charge is 0.490 e. The molecule has 0 unspecified atom stereocenters. The molecule has 29 heavy (non-hydrogen) atoms. The van der Waals surface area contributed by atoms with Crippen LogP contribution >= 0.6 is 11.6 Å². The average Bonchev–Trinajstić information content (AvgIpc) is 3.38. The summed E-state index contributed by atoms with van der Waals surface area (Å²) >= 11 is 6.63. The summed E-state index contributed by atoms with van der Waals surface area (Å²) in [5.41, 5.74) is 1.83. The second-order valence-electron chi connectivity index (χ2n) is 7.24. The Morgan fingerprint density at radius 2 is 2.00 bits per heavy atom. The van der Waals surface area contributed by atoms with Crippen LogP contribution in [0.3, 0.4) is 0 Å². The number of hydrogen-bond donors (Lipinski definition) is 1. The van der Waals surface area contributed by atoms with E-state index < -0.39 is 0 Å². The third-order valence-electron chi connectivity index (χ3n) is 4.43.